The summed E-state index contributed by atoms with van der Waals surface area (Å²) in [5.74, 6) is 1.39. The third-order valence-corrected chi connectivity index (χ3v) is 3.38. The van der Waals surface area contributed by atoms with Crippen molar-refractivity contribution in [2.75, 3.05) is 26.7 Å². The van der Waals surface area contributed by atoms with Gasteiger partial charge in [0.05, 0.1) is 5.69 Å². The molecule has 2 heterocycles. The Kier molecular flexibility index (Phi) is 4.01. The summed E-state index contributed by atoms with van der Waals surface area (Å²) < 4.78 is 5.37. The molecule has 2 rings (SSSR count). The fourth-order valence-corrected chi connectivity index (χ4v) is 2.45. The van der Waals surface area contributed by atoms with Gasteiger partial charge in [-0.25, -0.2) is 4.98 Å². The first-order valence-electron chi connectivity index (χ1n) is 6.48. The molecule has 1 N–H and O–H groups in total. The van der Waals surface area contributed by atoms with Crippen LogP contribution in [-0.2, 0) is 0 Å². The molecule has 1 amide bonds. The van der Waals surface area contributed by atoms with Crippen molar-refractivity contribution in [1.29, 1.82) is 0 Å². The predicted molar refractivity (Wildman–Crippen MR) is 68.5 cm³/mol. The lowest BCUT2D eigenvalue weighted by molar-refractivity contribution is 0.0731. The van der Waals surface area contributed by atoms with E-state index in [0.29, 0.717) is 23.3 Å². The second-order valence-corrected chi connectivity index (χ2v) is 5.05. The van der Waals surface area contributed by atoms with Crippen LogP contribution in [0.4, 0.5) is 0 Å². The number of nitrogens with one attached hydrogen (secondary N) is 1. The molecule has 100 valence electrons. The maximum atomic E-state index is 12.2. The van der Waals surface area contributed by atoms with E-state index >= 15 is 0 Å². The largest absolute Gasteiger partial charge is 0.436 e. The number of nitrogens with zero attached hydrogens (tertiary/aromatic N) is 2. The average molecular weight is 251 g/mol. The van der Waals surface area contributed by atoms with Crippen molar-refractivity contribution in [3.8, 4) is 0 Å². The number of hydrogen-bond donors (Lipinski definition) is 1. The van der Waals surface area contributed by atoms with Crippen LogP contribution in [0, 0.1) is 19.8 Å². The molecule has 0 aromatic carbocycles. The summed E-state index contributed by atoms with van der Waals surface area (Å²) in [7, 11) is 1.83. The van der Waals surface area contributed by atoms with E-state index in [1.54, 1.807) is 18.7 Å². The minimum atomic E-state index is -0.0707. The van der Waals surface area contributed by atoms with Crippen LogP contribution in [0.1, 0.15) is 35.0 Å². The van der Waals surface area contributed by atoms with Crippen LogP contribution in [0.25, 0.3) is 0 Å². The lowest BCUT2D eigenvalue weighted by atomic mass is 9.99. The Balaban J connectivity index is 1.97. The summed E-state index contributed by atoms with van der Waals surface area (Å²) in [6.45, 7) is 6.42. The third-order valence-electron chi connectivity index (χ3n) is 3.38. The number of oxazole rings is 1. The molecule has 1 aromatic rings. The van der Waals surface area contributed by atoms with Gasteiger partial charge < -0.3 is 14.6 Å². The predicted octanol–water partition coefficient (Wildman–Crippen LogP) is 1.36. The highest BCUT2D eigenvalue weighted by atomic mass is 16.4. The molecular weight excluding hydrogens is 230 g/mol. The second-order valence-electron chi connectivity index (χ2n) is 5.05. The van der Waals surface area contributed by atoms with E-state index in [4.69, 9.17) is 4.42 Å². The number of carbonyl (C=O) groups excluding carboxylic acids is 1. The Labute approximate surface area is 108 Å². The molecule has 5 nitrogen and oxygen atoms in total. The summed E-state index contributed by atoms with van der Waals surface area (Å²) in [5.41, 5.74) is 0.672. The highest BCUT2D eigenvalue weighted by molar-refractivity contribution is 5.92. The smallest absolute Gasteiger partial charge is 0.291 e. The summed E-state index contributed by atoms with van der Waals surface area (Å²) in [4.78, 5) is 18.1. The summed E-state index contributed by atoms with van der Waals surface area (Å²) in [6.07, 6.45) is 2.37. The average Bonchev–Trinajstić information content (AvgIpc) is 2.68. The molecule has 1 aliphatic heterocycles. The fourth-order valence-electron chi connectivity index (χ4n) is 2.45. The van der Waals surface area contributed by atoms with Crippen molar-refractivity contribution in [2.45, 2.75) is 26.7 Å². The third kappa shape index (κ3) is 2.90. The van der Waals surface area contributed by atoms with Crippen LogP contribution >= 0.6 is 0 Å². The molecular formula is C13H21N3O2. The Bertz CT molecular complexity index is 422. The van der Waals surface area contributed by atoms with Gasteiger partial charge in [-0.1, -0.05) is 0 Å². The fraction of sp³-hybridized carbons (Fsp3) is 0.692. The topological polar surface area (TPSA) is 58.4 Å². The van der Waals surface area contributed by atoms with Gasteiger partial charge in [-0.2, -0.15) is 0 Å². The first-order chi connectivity index (χ1) is 8.58. The Morgan fingerprint density at radius 3 is 2.89 bits per heavy atom. The van der Waals surface area contributed by atoms with Crippen molar-refractivity contribution in [3.05, 3.63) is 17.3 Å². The van der Waals surface area contributed by atoms with Crippen LogP contribution in [0.3, 0.4) is 0 Å². The molecule has 1 aliphatic rings. The highest BCUT2D eigenvalue weighted by Gasteiger charge is 2.23. The maximum absolute atomic E-state index is 12.2. The van der Waals surface area contributed by atoms with Gasteiger partial charge in [-0.3, -0.25) is 4.79 Å². The molecule has 0 bridgehead atoms. The van der Waals surface area contributed by atoms with E-state index in [-0.39, 0.29) is 5.91 Å². The Hall–Kier alpha value is -1.36. The first kappa shape index (κ1) is 13.1. The lowest BCUT2D eigenvalue weighted by Crippen LogP contribution is -2.39. The summed E-state index contributed by atoms with van der Waals surface area (Å²) in [6, 6.07) is 0. The molecule has 0 aliphatic carbocycles. The highest BCUT2D eigenvalue weighted by Crippen LogP contribution is 2.15. The van der Waals surface area contributed by atoms with Crippen LogP contribution in [0.5, 0.6) is 0 Å². The van der Waals surface area contributed by atoms with Gasteiger partial charge in [0.2, 0.25) is 5.76 Å². The standard InChI is InChI=1S/C13H21N3O2/c1-9-12(18-10(2)15-9)13(17)16(3)8-11-5-4-6-14-7-11/h11,14H,4-8H2,1-3H3. The zero-order valence-electron chi connectivity index (χ0n) is 11.3. The van der Waals surface area contributed by atoms with Gasteiger partial charge in [0.25, 0.3) is 5.91 Å². The van der Waals surface area contributed by atoms with E-state index in [2.05, 4.69) is 10.3 Å². The lowest BCUT2D eigenvalue weighted by Gasteiger charge is -2.27. The van der Waals surface area contributed by atoms with E-state index in [0.717, 1.165) is 19.6 Å². The molecule has 1 atom stereocenters. The van der Waals surface area contributed by atoms with Crippen molar-refractivity contribution in [1.82, 2.24) is 15.2 Å². The summed E-state index contributed by atoms with van der Waals surface area (Å²) in [5, 5.41) is 3.36. The number of carbonyl (C=O) groups is 1. The number of aromatic nitrogens is 1. The first-order valence-corrected chi connectivity index (χ1v) is 6.48. The minimum Gasteiger partial charge on any atom is -0.436 e. The van der Waals surface area contributed by atoms with E-state index in [1.807, 2.05) is 7.05 Å². The van der Waals surface area contributed by atoms with Gasteiger partial charge in [-0.05, 0) is 38.8 Å². The van der Waals surface area contributed by atoms with Crippen molar-refractivity contribution in [3.63, 3.8) is 0 Å². The van der Waals surface area contributed by atoms with Gasteiger partial charge >= 0.3 is 0 Å². The number of rotatable bonds is 3. The van der Waals surface area contributed by atoms with Crippen LogP contribution < -0.4 is 5.32 Å². The molecule has 0 spiro atoms. The van der Waals surface area contributed by atoms with Crippen LogP contribution in [-0.4, -0.2) is 42.5 Å². The Morgan fingerprint density at radius 1 is 1.56 bits per heavy atom. The van der Waals surface area contributed by atoms with E-state index < -0.39 is 0 Å². The monoisotopic (exact) mass is 251 g/mol. The minimum absolute atomic E-state index is 0.0707. The molecule has 0 radical (unpaired) electrons. The second kappa shape index (κ2) is 5.52. The number of amides is 1. The number of aryl methyl sites for hydroxylation is 2. The van der Waals surface area contributed by atoms with Gasteiger partial charge in [0, 0.05) is 20.5 Å². The zero-order chi connectivity index (χ0) is 13.1. The van der Waals surface area contributed by atoms with Gasteiger partial charge in [0.15, 0.2) is 5.89 Å². The van der Waals surface area contributed by atoms with E-state index in [9.17, 15) is 4.79 Å². The van der Waals surface area contributed by atoms with Crippen LogP contribution in [0.15, 0.2) is 4.42 Å². The number of piperidine rings is 1. The van der Waals surface area contributed by atoms with E-state index in [1.165, 1.54) is 12.8 Å². The number of hydrogen-bond acceptors (Lipinski definition) is 4. The zero-order valence-corrected chi connectivity index (χ0v) is 11.3. The van der Waals surface area contributed by atoms with Gasteiger partial charge in [0.1, 0.15) is 0 Å². The molecule has 18 heavy (non-hydrogen) atoms. The molecule has 1 aromatic heterocycles. The normalized spacial score (nSPS) is 19.8. The molecule has 1 saturated heterocycles. The van der Waals surface area contributed by atoms with Gasteiger partial charge in [-0.15, -0.1) is 0 Å². The van der Waals surface area contributed by atoms with Crippen LogP contribution in [0.2, 0.25) is 0 Å². The molecule has 1 unspecified atom stereocenters. The van der Waals surface area contributed by atoms with Crippen molar-refractivity contribution in [2.24, 2.45) is 5.92 Å². The van der Waals surface area contributed by atoms with Crippen molar-refractivity contribution < 1.29 is 9.21 Å². The molecule has 0 saturated carbocycles. The Morgan fingerprint density at radius 2 is 2.33 bits per heavy atom. The summed E-state index contributed by atoms with van der Waals surface area (Å²) >= 11 is 0. The van der Waals surface area contributed by atoms with Crippen molar-refractivity contribution >= 4 is 5.91 Å². The molecule has 5 heteroatoms. The SMILES string of the molecule is Cc1nc(C)c(C(=O)N(C)CC2CCCNC2)o1. The quantitative estimate of drug-likeness (QED) is 0.881. The molecule has 1 fully saturated rings. The maximum Gasteiger partial charge on any atom is 0.291 e.